The van der Waals surface area contributed by atoms with E-state index in [1.165, 1.54) is 17.0 Å². The lowest BCUT2D eigenvalue weighted by atomic mass is 9.74. The Balaban J connectivity index is 1.09. The maximum absolute atomic E-state index is 13.9. The van der Waals surface area contributed by atoms with Crippen LogP contribution < -0.4 is 10.2 Å². The van der Waals surface area contributed by atoms with E-state index in [9.17, 15) is 36.3 Å². The van der Waals surface area contributed by atoms with Crippen molar-refractivity contribution >= 4 is 35.0 Å². The lowest BCUT2D eigenvalue weighted by Gasteiger charge is -2.46. The van der Waals surface area contributed by atoms with Crippen LogP contribution >= 0.6 is 11.6 Å². The van der Waals surface area contributed by atoms with Gasteiger partial charge in [0.25, 0.3) is 18.2 Å². The first-order valence-corrected chi connectivity index (χ1v) is 14.7. The van der Waals surface area contributed by atoms with Crippen LogP contribution in [0.1, 0.15) is 69.9 Å². The largest absolute Gasteiger partial charge is 0.433 e. The van der Waals surface area contributed by atoms with Gasteiger partial charge in [-0.25, -0.2) is 13.8 Å². The van der Waals surface area contributed by atoms with Gasteiger partial charge in [-0.15, -0.1) is 0 Å². The van der Waals surface area contributed by atoms with Gasteiger partial charge in [0, 0.05) is 37.6 Å². The van der Waals surface area contributed by atoms with Gasteiger partial charge in [-0.3, -0.25) is 19.4 Å². The van der Waals surface area contributed by atoms with E-state index in [1.807, 2.05) is 18.2 Å². The minimum Gasteiger partial charge on any atom is -0.349 e. The van der Waals surface area contributed by atoms with Gasteiger partial charge in [-0.05, 0) is 61.4 Å². The zero-order chi connectivity index (χ0) is 32.1. The standard InChI is InChI=1S/C31H27ClF5N5O3/c32-18-12-20(25(26(33)34)38-13-18)27(43)39-19-10-8-17(9-11-19)14-42-23-6-2-1-4-21(23)30(29(42)45)15-41(16-30)28(44)22-5-3-7-24(40-22)31(35,36)37/h1-7,12-13,17,19,26H,8-11,14-16H2,(H,39,43). The van der Waals surface area contributed by atoms with Crippen LogP contribution in [0.25, 0.3) is 0 Å². The van der Waals surface area contributed by atoms with Gasteiger partial charge in [0.15, 0.2) is 0 Å². The predicted molar refractivity (Wildman–Crippen MR) is 153 cm³/mol. The fraction of sp³-hybridized carbons (Fsp3) is 0.387. The number of benzene rings is 1. The van der Waals surface area contributed by atoms with Crippen LogP contribution in [0, 0.1) is 5.92 Å². The van der Waals surface area contributed by atoms with E-state index in [-0.39, 0.29) is 47.2 Å². The topological polar surface area (TPSA) is 95.5 Å². The molecule has 2 aromatic heterocycles. The molecule has 3 aromatic rings. The number of nitrogens with zero attached hydrogens (tertiary/aromatic N) is 4. The van der Waals surface area contributed by atoms with Crippen LogP contribution in [0.4, 0.5) is 27.6 Å². The average Bonchev–Trinajstić information content (AvgIpc) is 3.24. The molecular formula is C31H27ClF5N5O3. The van der Waals surface area contributed by atoms with Crippen molar-refractivity contribution in [3.63, 3.8) is 0 Å². The summed E-state index contributed by atoms with van der Waals surface area (Å²) in [5, 5.41) is 2.89. The summed E-state index contributed by atoms with van der Waals surface area (Å²) in [5.74, 6) is -1.42. The number of carbonyl (C=O) groups excluding carboxylic acids is 3. The van der Waals surface area contributed by atoms with Crippen molar-refractivity contribution in [1.29, 1.82) is 0 Å². The second-order valence-electron chi connectivity index (χ2n) is 11.7. The van der Waals surface area contributed by atoms with Crippen LogP contribution in [-0.2, 0) is 16.4 Å². The third kappa shape index (κ3) is 5.73. The molecule has 8 nitrogen and oxygen atoms in total. The van der Waals surface area contributed by atoms with Crippen LogP contribution in [0.3, 0.4) is 0 Å². The molecule has 1 saturated heterocycles. The lowest BCUT2D eigenvalue weighted by Crippen LogP contribution is -2.65. The van der Waals surface area contributed by atoms with Gasteiger partial charge in [0.2, 0.25) is 5.91 Å². The molecule has 236 valence electrons. The first kappa shape index (κ1) is 30.9. The molecular weight excluding hydrogens is 621 g/mol. The number of nitrogens with one attached hydrogen (secondary N) is 1. The summed E-state index contributed by atoms with van der Waals surface area (Å²) in [6.45, 7) is 0.455. The number of para-hydroxylation sites is 1. The number of hydrogen-bond donors (Lipinski definition) is 1. The Morgan fingerprint density at radius 3 is 2.44 bits per heavy atom. The van der Waals surface area contributed by atoms with Crippen LogP contribution in [-0.4, -0.2) is 58.3 Å². The fourth-order valence-corrected chi connectivity index (χ4v) is 6.68. The molecule has 1 aliphatic carbocycles. The number of hydrogen-bond acceptors (Lipinski definition) is 5. The summed E-state index contributed by atoms with van der Waals surface area (Å²) in [5.41, 5.74) is -1.89. The summed E-state index contributed by atoms with van der Waals surface area (Å²) < 4.78 is 66.2. The molecule has 2 fully saturated rings. The Labute approximate surface area is 259 Å². The Bertz CT molecular complexity index is 1650. The van der Waals surface area contributed by atoms with Gasteiger partial charge >= 0.3 is 6.18 Å². The average molecular weight is 648 g/mol. The lowest BCUT2D eigenvalue weighted by molar-refractivity contribution is -0.141. The van der Waals surface area contributed by atoms with Crippen LogP contribution in [0.5, 0.6) is 0 Å². The number of amides is 3. The number of alkyl halides is 5. The van der Waals surface area contributed by atoms with E-state index in [0.29, 0.717) is 32.2 Å². The van der Waals surface area contributed by atoms with E-state index in [2.05, 4.69) is 15.3 Å². The highest BCUT2D eigenvalue weighted by molar-refractivity contribution is 6.30. The second-order valence-corrected chi connectivity index (χ2v) is 12.1. The zero-order valence-electron chi connectivity index (χ0n) is 23.7. The number of pyridine rings is 2. The quantitative estimate of drug-likeness (QED) is 0.341. The molecule has 0 unspecified atom stereocenters. The third-order valence-electron chi connectivity index (χ3n) is 8.79. The summed E-state index contributed by atoms with van der Waals surface area (Å²) in [6, 6.07) is 11.4. The normalized spacial score (nSPS) is 20.7. The van der Waals surface area contributed by atoms with E-state index in [4.69, 9.17) is 11.6 Å². The van der Waals surface area contributed by atoms with Crippen molar-refractivity contribution in [2.24, 2.45) is 5.92 Å². The van der Waals surface area contributed by atoms with E-state index >= 15 is 0 Å². The minimum absolute atomic E-state index is 0.0217. The molecule has 2 aliphatic heterocycles. The maximum atomic E-state index is 13.9. The molecule has 0 atom stereocenters. The SMILES string of the molecule is O=C(NC1CCC(CN2C(=O)C3(CN(C(=O)c4cccc(C(F)(F)F)n4)C3)c3ccccc32)CC1)c1cc(Cl)cnc1C(F)F. The molecule has 45 heavy (non-hydrogen) atoms. The molecule has 1 aromatic carbocycles. The highest BCUT2D eigenvalue weighted by Gasteiger charge is 2.59. The maximum Gasteiger partial charge on any atom is 0.433 e. The van der Waals surface area contributed by atoms with Gasteiger partial charge in [0.05, 0.1) is 10.6 Å². The second kappa shape index (κ2) is 11.7. The van der Waals surface area contributed by atoms with Gasteiger partial charge in [-0.2, -0.15) is 13.2 Å². The van der Waals surface area contributed by atoms with E-state index in [0.717, 1.165) is 29.6 Å². The fourth-order valence-electron chi connectivity index (χ4n) is 6.52. The molecule has 14 heteroatoms. The summed E-state index contributed by atoms with van der Waals surface area (Å²) in [4.78, 5) is 49.9. The summed E-state index contributed by atoms with van der Waals surface area (Å²) in [6.07, 6.45) is -4.05. The Hall–Kier alpha value is -4.13. The predicted octanol–water partition coefficient (Wildman–Crippen LogP) is 5.82. The number of anilines is 1. The number of carbonyl (C=O) groups is 3. The molecule has 4 heterocycles. The number of halogens is 6. The summed E-state index contributed by atoms with van der Waals surface area (Å²) in [7, 11) is 0. The number of aromatic nitrogens is 2. The van der Waals surface area contributed by atoms with Crippen molar-refractivity contribution in [3.05, 3.63) is 88.0 Å². The smallest absolute Gasteiger partial charge is 0.349 e. The highest BCUT2D eigenvalue weighted by Crippen LogP contribution is 2.48. The van der Waals surface area contributed by atoms with Crippen LogP contribution in [0.2, 0.25) is 5.02 Å². The van der Waals surface area contributed by atoms with Gasteiger partial charge in [0.1, 0.15) is 22.5 Å². The minimum atomic E-state index is -4.69. The first-order chi connectivity index (χ1) is 21.4. The Kier molecular flexibility index (Phi) is 8.00. The molecule has 1 saturated carbocycles. The molecule has 1 N–H and O–H groups in total. The number of likely N-dealkylation sites (tertiary alicyclic amines) is 1. The van der Waals surface area contributed by atoms with Crippen molar-refractivity contribution in [2.75, 3.05) is 24.5 Å². The van der Waals surface area contributed by atoms with Gasteiger partial charge in [-0.1, -0.05) is 35.9 Å². The summed E-state index contributed by atoms with van der Waals surface area (Å²) >= 11 is 5.88. The first-order valence-electron chi connectivity index (χ1n) is 14.4. The molecule has 1 spiro atoms. The van der Waals surface area contributed by atoms with Crippen LogP contribution in [0.15, 0.2) is 54.7 Å². The number of fused-ring (bicyclic) bond motifs is 2. The molecule has 0 bridgehead atoms. The van der Waals surface area contributed by atoms with Crippen molar-refractivity contribution in [2.45, 2.75) is 49.7 Å². The number of rotatable bonds is 6. The van der Waals surface area contributed by atoms with E-state index < -0.39 is 41.2 Å². The zero-order valence-corrected chi connectivity index (χ0v) is 24.4. The highest BCUT2D eigenvalue weighted by atomic mass is 35.5. The Morgan fingerprint density at radius 1 is 1.04 bits per heavy atom. The monoisotopic (exact) mass is 647 g/mol. The van der Waals surface area contributed by atoms with Crippen molar-refractivity contribution in [1.82, 2.24) is 20.2 Å². The Morgan fingerprint density at radius 2 is 1.76 bits per heavy atom. The molecule has 3 amide bonds. The molecule has 0 radical (unpaired) electrons. The molecule has 6 rings (SSSR count). The van der Waals surface area contributed by atoms with E-state index in [1.54, 1.807) is 11.0 Å². The van der Waals surface area contributed by atoms with Gasteiger partial charge < -0.3 is 15.1 Å². The molecule has 3 aliphatic rings. The van der Waals surface area contributed by atoms with Crippen molar-refractivity contribution in [3.8, 4) is 0 Å². The third-order valence-corrected chi connectivity index (χ3v) is 9.00. The van der Waals surface area contributed by atoms with Crippen molar-refractivity contribution < 1.29 is 36.3 Å².